The number of carbonyl (C=O) groups excluding carboxylic acids is 3. The zero-order chi connectivity index (χ0) is 22.8. The molecule has 3 amide bonds. The van der Waals surface area contributed by atoms with Crippen LogP contribution in [-0.2, 0) is 9.59 Å². The number of benzene rings is 3. The van der Waals surface area contributed by atoms with Gasteiger partial charge in [-0.3, -0.25) is 14.4 Å². The third kappa shape index (κ3) is 4.03. The number of anilines is 3. The van der Waals surface area contributed by atoms with Gasteiger partial charge in [-0.2, -0.15) is 0 Å². The fraction of sp³-hybridized carbons (Fsp3) is 0. The van der Waals surface area contributed by atoms with Crippen LogP contribution in [0.2, 0.25) is 0 Å². The van der Waals surface area contributed by atoms with Crippen LogP contribution in [0.3, 0.4) is 0 Å². The van der Waals surface area contributed by atoms with Gasteiger partial charge in [0.15, 0.2) is 0 Å². The van der Waals surface area contributed by atoms with Crippen molar-refractivity contribution in [1.82, 2.24) is 0 Å². The summed E-state index contributed by atoms with van der Waals surface area (Å²) in [6, 6.07) is 17.3. The summed E-state index contributed by atoms with van der Waals surface area (Å²) in [5.74, 6) is -2.42. The third-order valence-corrected chi connectivity index (χ3v) is 5.03. The first kappa shape index (κ1) is 21.1. The number of carbonyl (C=O) groups is 3. The highest BCUT2D eigenvalue weighted by Crippen LogP contribution is 2.30. The molecule has 3 aromatic rings. The Balaban J connectivity index is 1.49. The summed E-state index contributed by atoms with van der Waals surface area (Å²) in [6.45, 7) is 0. The summed E-state index contributed by atoms with van der Waals surface area (Å²) in [6.07, 6.45) is 0. The molecule has 0 aromatic heterocycles. The van der Waals surface area contributed by atoms with Crippen LogP contribution in [0.15, 0.2) is 83.5 Å². The van der Waals surface area contributed by atoms with Crippen molar-refractivity contribution in [3.05, 3.63) is 94.9 Å². The van der Waals surface area contributed by atoms with E-state index in [2.05, 4.69) is 10.6 Å². The van der Waals surface area contributed by atoms with E-state index in [1.807, 2.05) is 0 Å². The fourth-order valence-corrected chi connectivity index (χ4v) is 3.27. The molecule has 0 spiro atoms. The highest BCUT2D eigenvalue weighted by molar-refractivity contribution is 6.53. The maximum atomic E-state index is 13.2. The van der Waals surface area contributed by atoms with Crippen LogP contribution in [0.1, 0.15) is 10.4 Å². The van der Waals surface area contributed by atoms with E-state index in [1.54, 1.807) is 18.2 Å². The SMILES string of the molecule is O=C(Nc1ccccc1O)c1ccc(NC2=C(Cl)C(=O)N(c3ccc(F)cc3)C2=O)cc1. The minimum atomic E-state index is -0.732. The number of phenolic OH excluding ortho intramolecular Hbond substituents is 1. The van der Waals surface area contributed by atoms with Crippen molar-refractivity contribution in [3.63, 3.8) is 0 Å². The summed E-state index contributed by atoms with van der Waals surface area (Å²) in [5.41, 5.74) is 1.05. The molecular formula is C23H15ClFN3O4. The lowest BCUT2D eigenvalue weighted by atomic mass is 10.2. The monoisotopic (exact) mass is 451 g/mol. The van der Waals surface area contributed by atoms with Gasteiger partial charge in [0.25, 0.3) is 17.7 Å². The molecule has 0 bridgehead atoms. The van der Waals surface area contributed by atoms with E-state index in [0.29, 0.717) is 11.3 Å². The number of nitrogens with one attached hydrogen (secondary N) is 2. The minimum Gasteiger partial charge on any atom is -0.506 e. The number of halogens is 2. The standard InChI is InChI=1S/C23H15ClFN3O4/c24-19-20(23(32)28(22(19)31)16-11-7-14(25)8-12-16)26-15-9-5-13(6-10-15)21(30)27-17-3-1-2-4-18(17)29/h1-12,26,29H,(H,27,30). The molecule has 9 heteroatoms. The molecule has 160 valence electrons. The van der Waals surface area contributed by atoms with E-state index >= 15 is 0 Å². The van der Waals surface area contributed by atoms with Crippen molar-refractivity contribution >= 4 is 46.4 Å². The van der Waals surface area contributed by atoms with Crippen LogP contribution in [0.4, 0.5) is 21.5 Å². The van der Waals surface area contributed by atoms with Crippen molar-refractivity contribution in [2.24, 2.45) is 0 Å². The first-order valence-corrected chi connectivity index (χ1v) is 9.73. The van der Waals surface area contributed by atoms with Gasteiger partial charge in [-0.15, -0.1) is 0 Å². The molecule has 1 aliphatic heterocycles. The lowest BCUT2D eigenvalue weighted by Crippen LogP contribution is -2.32. The lowest BCUT2D eigenvalue weighted by molar-refractivity contribution is -0.120. The lowest BCUT2D eigenvalue weighted by Gasteiger charge is -2.15. The maximum Gasteiger partial charge on any atom is 0.283 e. The predicted octanol–water partition coefficient (Wildman–Crippen LogP) is 4.22. The summed E-state index contributed by atoms with van der Waals surface area (Å²) in [4.78, 5) is 38.4. The van der Waals surface area contributed by atoms with E-state index in [9.17, 15) is 23.9 Å². The molecule has 4 rings (SSSR count). The Morgan fingerprint density at radius 3 is 2.22 bits per heavy atom. The number of nitrogens with zero attached hydrogens (tertiary/aromatic N) is 1. The number of para-hydroxylation sites is 2. The number of rotatable bonds is 5. The molecule has 1 aliphatic rings. The zero-order valence-corrected chi connectivity index (χ0v) is 17.1. The number of amides is 3. The van der Waals surface area contributed by atoms with Crippen LogP contribution < -0.4 is 15.5 Å². The molecule has 0 atom stereocenters. The van der Waals surface area contributed by atoms with Gasteiger partial charge in [0.1, 0.15) is 22.3 Å². The normalized spacial score (nSPS) is 13.5. The summed E-state index contributed by atoms with van der Waals surface area (Å²) < 4.78 is 13.2. The highest BCUT2D eigenvalue weighted by Gasteiger charge is 2.38. The topological polar surface area (TPSA) is 98.7 Å². The van der Waals surface area contributed by atoms with Crippen LogP contribution in [-0.4, -0.2) is 22.8 Å². The minimum absolute atomic E-state index is 0.0594. The molecule has 0 saturated heterocycles. The molecule has 3 aromatic carbocycles. The molecule has 32 heavy (non-hydrogen) atoms. The molecule has 0 aliphatic carbocycles. The van der Waals surface area contributed by atoms with E-state index in [-0.39, 0.29) is 27.9 Å². The Morgan fingerprint density at radius 2 is 1.56 bits per heavy atom. The molecule has 0 fully saturated rings. The molecule has 3 N–H and O–H groups in total. The Labute approximate surface area is 186 Å². The second-order valence-electron chi connectivity index (χ2n) is 6.78. The van der Waals surface area contributed by atoms with E-state index < -0.39 is 23.5 Å². The largest absolute Gasteiger partial charge is 0.506 e. The number of imide groups is 1. The van der Waals surface area contributed by atoms with Crippen molar-refractivity contribution < 1.29 is 23.9 Å². The summed E-state index contributed by atoms with van der Waals surface area (Å²) in [5, 5.41) is 14.9. The van der Waals surface area contributed by atoms with Crippen molar-refractivity contribution in [2.45, 2.75) is 0 Å². The first-order valence-electron chi connectivity index (χ1n) is 9.35. The van der Waals surface area contributed by atoms with E-state index in [4.69, 9.17) is 11.6 Å². The Hall–Kier alpha value is -4.17. The number of hydrogen-bond donors (Lipinski definition) is 3. The van der Waals surface area contributed by atoms with E-state index in [0.717, 1.165) is 17.0 Å². The third-order valence-electron chi connectivity index (χ3n) is 4.68. The molecule has 0 radical (unpaired) electrons. The van der Waals surface area contributed by atoms with Gasteiger partial charge < -0.3 is 15.7 Å². The second kappa shape index (κ2) is 8.52. The van der Waals surface area contributed by atoms with Gasteiger partial charge in [0, 0.05) is 11.3 Å². The Bertz CT molecular complexity index is 1260. The average molecular weight is 452 g/mol. The Kier molecular flexibility index (Phi) is 5.61. The Morgan fingerprint density at radius 1 is 0.906 bits per heavy atom. The van der Waals surface area contributed by atoms with Gasteiger partial charge in [0.05, 0.1) is 11.4 Å². The predicted molar refractivity (Wildman–Crippen MR) is 118 cm³/mol. The van der Waals surface area contributed by atoms with Gasteiger partial charge >= 0.3 is 0 Å². The highest BCUT2D eigenvalue weighted by atomic mass is 35.5. The van der Waals surface area contributed by atoms with Gasteiger partial charge in [-0.25, -0.2) is 9.29 Å². The molecule has 7 nitrogen and oxygen atoms in total. The van der Waals surface area contributed by atoms with Crippen LogP contribution in [0.5, 0.6) is 5.75 Å². The van der Waals surface area contributed by atoms with Crippen molar-refractivity contribution in [3.8, 4) is 5.75 Å². The molecule has 0 unspecified atom stereocenters. The molecule has 1 heterocycles. The van der Waals surface area contributed by atoms with Crippen molar-refractivity contribution in [1.29, 1.82) is 0 Å². The van der Waals surface area contributed by atoms with Gasteiger partial charge in [-0.1, -0.05) is 23.7 Å². The van der Waals surface area contributed by atoms with Crippen LogP contribution >= 0.6 is 11.6 Å². The maximum absolute atomic E-state index is 13.2. The first-order chi connectivity index (χ1) is 15.3. The van der Waals surface area contributed by atoms with Crippen LogP contribution in [0, 0.1) is 5.82 Å². The van der Waals surface area contributed by atoms with Crippen molar-refractivity contribution in [2.75, 3.05) is 15.5 Å². The smallest absolute Gasteiger partial charge is 0.283 e. The quantitative estimate of drug-likeness (QED) is 0.398. The second-order valence-corrected chi connectivity index (χ2v) is 7.16. The number of phenols is 1. The number of hydrogen-bond acceptors (Lipinski definition) is 5. The zero-order valence-electron chi connectivity index (χ0n) is 16.3. The molecular weight excluding hydrogens is 437 g/mol. The van der Waals surface area contributed by atoms with Crippen LogP contribution in [0.25, 0.3) is 0 Å². The fourth-order valence-electron chi connectivity index (χ4n) is 3.06. The van der Waals surface area contributed by atoms with E-state index in [1.165, 1.54) is 42.5 Å². The summed E-state index contributed by atoms with van der Waals surface area (Å²) in [7, 11) is 0. The molecule has 0 saturated carbocycles. The van der Waals surface area contributed by atoms with Gasteiger partial charge in [-0.05, 0) is 60.7 Å². The van der Waals surface area contributed by atoms with Gasteiger partial charge in [0.2, 0.25) is 0 Å². The summed E-state index contributed by atoms with van der Waals surface area (Å²) >= 11 is 6.08. The average Bonchev–Trinajstić information content (AvgIpc) is 3.00. The number of aromatic hydroxyl groups is 1.